The lowest BCUT2D eigenvalue weighted by Gasteiger charge is -2.17. The zero-order chi connectivity index (χ0) is 12.3. The molecule has 0 heterocycles. The number of benzene rings is 1. The van der Waals surface area contributed by atoms with Gasteiger partial charge in [0.05, 0.1) is 12.1 Å². The number of carbonyl (C=O) groups excluding carboxylic acids is 1. The summed E-state index contributed by atoms with van der Waals surface area (Å²) in [6, 6.07) is 4.31. The maximum Gasteiger partial charge on any atom is 0.256 e. The van der Waals surface area contributed by atoms with Gasteiger partial charge in [0.2, 0.25) is 0 Å². The van der Waals surface area contributed by atoms with Gasteiger partial charge in [-0.1, -0.05) is 12.1 Å². The average Bonchev–Trinajstić information content (AvgIpc) is 2.20. The van der Waals surface area contributed by atoms with Crippen LogP contribution in [0.2, 0.25) is 0 Å². The van der Waals surface area contributed by atoms with Crippen LogP contribution in [0.1, 0.15) is 15.9 Å². The summed E-state index contributed by atoms with van der Waals surface area (Å²) < 4.78 is 37.6. The molecule has 0 spiro atoms. The van der Waals surface area contributed by atoms with E-state index in [4.69, 9.17) is 0 Å². The minimum absolute atomic E-state index is 0.178. The first-order valence-corrected chi connectivity index (χ1v) is 4.72. The summed E-state index contributed by atoms with van der Waals surface area (Å²) >= 11 is 0. The van der Waals surface area contributed by atoms with Gasteiger partial charge in [0, 0.05) is 7.05 Å². The predicted molar refractivity (Wildman–Crippen MR) is 54.1 cm³/mol. The summed E-state index contributed by atoms with van der Waals surface area (Å²) in [5, 5.41) is 0. The summed E-state index contributed by atoms with van der Waals surface area (Å²) in [6.07, 6.45) is -2.62. The largest absolute Gasteiger partial charge is 0.336 e. The highest BCUT2D eigenvalue weighted by Gasteiger charge is 2.19. The van der Waals surface area contributed by atoms with Gasteiger partial charge in [-0.15, -0.1) is 0 Å². The Morgan fingerprint density at radius 2 is 2.06 bits per heavy atom. The zero-order valence-electron chi connectivity index (χ0n) is 9.01. The molecule has 0 aromatic heterocycles. The van der Waals surface area contributed by atoms with Crippen LogP contribution in [0, 0.1) is 12.7 Å². The topological polar surface area (TPSA) is 20.3 Å². The molecule has 0 atom stereocenters. The summed E-state index contributed by atoms with van der Waals surface area (Å²) in [5.41, 5.74) is 0.138. The highest BCUT2D eigenvalue weighted by Crippen LogP contribution is 2.14. The van der Waals surface area contributed by atoms with E-state index < -0.39 is 24.7 Å². The molecule has 88 valence electrons. The van der Waals surface area contributed by atoms with E-state index in [1.807, 2.05) is 0 Å². The maximum atomic E-state index is 13.5. The Hall–Kier alpha value is -1.52. The van der Waals surface area contributed by atoms with Crippen molar-refractivity contribution in [2.45, 2.75) is 13.3 Å². The molecule has 16 heavy (non-hydrogen) atoms. The third-order valence-electron chi connectivity index (χ3n) is 2.18. The Kier molecular flexibility index (Phi) is 3.93. The van der Waals surface area contributed by atoms with Crippen LogP contribution in [0.25, 0.3) is 0 Å². The molecule has 0 radical (unpaired) electrons. The number of rotatable bonds is 3. The molecule has 0 saturated heterocycles. The maximum absolute atomic E-state index is 13.5. The van der Waals surface area contributed by atoms with E-state index in [-0.39, 0.29) is 5.56 Å². The number of carbonyl (C=O) groups is 1. The van der Waals surface area contributed by atoms with Crippen LogP contribution in [-0.4, -0.2) is 30.8 Å². The Morgan fingerprint density at radius 3 is 2.62 bits per heavy atom. The second kappa shape index (κ2) is 5.01. The molecule has 1 rings (SSSR count). The Balaban J connectivity index is 2.92. The predicted octanol–water partition coefficient (Wildman–Crippen LogP) is 2.47. The number of nitrogens with zero attached hydrogens (tertiary/aromatic N) is 1. The highest BCUT2D eigenvalue weighted by molar-refractivity contribution is 5.94. The first kappa shape index (κ1) is 12.5. The molecule has 0 aliphatic carbocycles. The fourth-order valence-corrected chi connectivity index (χ4v) is 1.31. The SMILES string of the molecule is Cc1cccc(C(=O)N(C)CC(F)F)c1F. The molecule has 1 aromatic carbocycles. The minimum atomic E-state index is -2.62. The average molecular weight is 231 g/mol. The molecule has 0 fully saturated rings. The van der Waals surface area contributed by atoms with Crippen molar-refractivity contribution >= 4 is 5.91 Å². The zero-order valence-corrected chi connectivity index (χ0v) is 9.01. The van der Waals surface area contributed by atoms with Crippen LogP contribution in [0.4, 0.5) is 13.2 Å². The monoisotopic (exact) mass is 231 g/mol. The lowest BCUT2D eigenvalue weighted by atomic mass is 10.1. The summed E-state index contributed by atoms with van der Waals surface area (Å²) in [6.45, 7) is 0.811. The molecular weight excluding hydrogens is 219 g/mol. The van der Waals surface area contributed by atoms with Gasteiger partial charge in [-0.2, -0.15) is 0 Å². The van der Waals surface area contributed by atoms with E-state index in [1.54, 1.807) is 0 Å². The molecule has 0 N–H and O–H groups in total. The van der Waals surface area contributed by atoms with E-state index in [9.17, 15) is 18.0 Å². The van der Waals surface area contributed by atoms with Crippen molar-refractivity contribution in [1.29, 1.82) is 0 Å². The standard InChI is InChI=1S/C11H12F3NO/c1-7-4-3-5-8(10(7)14)11(16)15(2)6-9(12)13/h3-5,9H,6H2,1-2H3. The van der Waals surface area contributed by atoms with Crippen LogP contribution in [-0.2, 0) is 0 Å². The quantitative estimate of drug-likeness (QED) is 0.782. The van der Waals surface area contributed by atoms with Crippen molar-refractivity contribution < 1.29 is 18.0 Å². The molecule has 0 saturated carbocycles. The van der Waals surface area contributed by atoms with Crippen molar-refractivity contribution in [3.05, 3.63) is 35.1 Å². The molecule has 1 aromatic rings. The van der Waals surface area contributed by atoms with E-state index in [0.717, 1.165) is 4.90 Å². The second-order valence-electron chi connectivity index (χ2n) is 3.51. The number of halogens is 3. The second-order valence-corrected chi connectivity index (χ2v) is 3.51. The van der Waals surface area contributed by atoms with Gasteiger partial charge >= 0.3 is 0 Å². The lowest BCUT2D eigenvalue weighted by molar-refractivity contribution is 0.0616. The van der Waals surface area contributed by atoms with Gasteiger partial charge in [0.1, 0.15) is 5.82 Å². The van der Waals surface area contributed by atoms with Gasteiger partial charge in [-0.3, -0.25) is 4.79 Å². The van der Waals surface area contributed by atoms with Crippen LogP contribution < -0.4 is 0 Å². The number of alkyl halides is 2. The first-order valence-electron chi connectivity index (χ1n) is 4.72. The van der Waals surface area contributed by atoms with Crippen LogP contribution in [0.5, 0.6) is 0 Å². The van der Waals surface area contributed by atoms with E-state index in [2.05, 4.69) is 0 Å². The molecule has 2 nitrogen and oxygen atoms in total. The van der Waals surface area contributed by atoms with Crippen molar-refractivity contribution in [1.82, 2.24) is 4.90 Å². The smallest absolute Gasteiger partial charge is 0.256 e. The summed E-state index contributed by atoms with van der Waals surface area (Å²) in [5.74, 6) is -1.39. The normalized spacial score (nSPS) is 10.6. The fourth-order valence-electron chi connectivity index (χ4n) is 1.31. The van der Waals surface area contributed by atoms with Gasteiger partial charge in [-0.05, 0) is 18.6 Å². The van der Waals surface area contributed by atoms with Crippen molar-refractivity contribution in [3.8, 4) is 0 Å². The highest BCUT2D eigenvalue weighted by atomic mass is 19.3. The first-order chi connectivity index (χ1) is 7.43. The van der Waals surface area contributed by atoms with Crippen molar-refractivity contribution in [3.63, 3.8) is 0 Å². The molecule has 0 aliphatic heterocycles. The Morgan fingerprint density at radius 1 is 1.44 bits per heavy atom. The third-order valence-corrected chi connectivity index (χ3v) is 2.18. The van der Waals surface area contributed by atoms with Gasteiger partial charge < -0.3 is 4.90 Å². The van der Waals surface area contributed by atoms with E-state index in [1.165, 1.54) is 32.2 Å². The van der Waals surface area contributed by atoms with Crippen LogP contribution in [0.3, 0.4) is 0 Å². The number of hydrogen-bond acceptors (Lipinski definition) is 1. The minimum Gasteiger partial charge on any atom is -0.336 e. The van der Waals surface area contributed by atoms with Gasteiger partial charge in [0.25, 0.3) is 12.3 Å². The summed E-state index contributed by atoms with van der Waals surface area (Å²) in [7, 11) is 1.22. The molecule has 1 amide bonds. The van der Waals surface area contributed by atoms with Crippen molar-refractivity contribution in [2.24, 2.45) is 0 Å². The van der Waals surface area contributed by atoms with Gasteiger partial charge in [-0.25, -0.2) is 13.2 Å². The summed E-state index contributed by atoms with van der Waals surface area (Å²) in [4.78, 5) is 12.4. The molecular formula is C11H12F3NO. The fraction of sp³-hybridized carbons (Fsp3) is 0.364. The Labute approximate surface area is 91.7 Å². The van der Waals surface area contributed by atoms with Gasteiger partial charge in [0.15, 0.2) is 0 Å². The van der Waals surface area contributed by atoms with Crippen LogP contribution in [0.15, 0.2) is 18.2 Å². The third kappa shape index (κ3) is 2.74. The van der Waals surface area contributed by atoms with E-state index in [0.29, 0.717) is 5.56 Å². The number of amides is 1. The van der Waals surface area contributed by atoms with Crippen LogP contribution >= 0.6 is 0 Å². The molecule has 0 aliphatic rings. The lowest BCUT2D eigenvalue weighted by Crippen LogP contribution is -2.32. The molecule has 0 bridgehead atoms. The molecule has 5 heteroatoms. The number of aryl methyl sites for hydroxylation is 1. The Bertz CT molecular complexity index is 393. The van der Waals surface area contributed by atoms with E-state index >= 15 is 0 Å². The van der Waals surface area contributed by atoms with Crippen molar-refractivity contribution in [2.75, 3.05) is 13.6 Å². The molecule has 0 unspecified atom stereocenters. The number of hydrogen-bond donors (Lipinski definition) is 0.